The molecule has 126 valence electrons. The second-order valence-electron chi connectivity index (χ2n) is 5.70. The van der Waals surface area contributed by atoms with Crippen molar-refractivity contribution in [2.45, 2.75) is 13.0 Å². The number of benzene rings is 1. The summed E-state index contributed by atoms with van der Waals surface area (Å²) in [5.74, 6) is -0.218. The van der Waals surface area contributed by atoms with Gasteiger partial charge < -0.3 is 4.74 Å². The highest BCUT2D eigenvalue weighted by Gasteiger charge is 2.30. The van der Waals surface area contributed by atoms with Crippen molar-refractivity contribution in [2.24, 2.45) is 0 Å². The SMILES string of the molecule is CC1CN(C(=O)c2cn(-c3ccc(F)cc3)nn2)c2cccnc2O1. The number of anilines is 1. The van der Waals surface area contributed by atoms with Crippen molar-refractivity contribution >= 4 is 11.6 Å². The number of halogens is 1. The summed E-state index contributed by atoms with van der Waals surface area (Å²) in [6, 6.07) is 9.29. The third kappa shape index (κ3) is 2.82. The molecule has 0 fully saturated rings. The van der Waals surface area contributed by atoms with Gasteiger partial charge in [-0.05, 0) is 43.3 Å². The van der Waals surface area contributed by atoms with Crippen molar-refractivity contribution in [1.82, 2.24) is 20.0 Å². The molecule has 1 aliphatic heterocycles. The number of ether oxygens (including phenoxy) is 1. The van der Waals surface area contributed by atoms with E-state index in [1.165, 1.54) is 23.0 Å². The molecule has 2 aromatic heterocycles. The molecule has 1 unspecified atom stereocenters. The van der Waals surface area contributed by atoms with Crippen LogP contribution >= 0.6 is 0 Å². The fraction of sp³-hybridized carbons (Fsp3) is 0.176. The van der Waals surface area contributed by atoms with Crippen molar-refractivity contribution < 1.29 is 13.9 Å². The molecule has 3 aromatic rings. The highest BCUT2D eigenvalue weighted by molar-refractivity contribution is 6.05. The Morgan fingerprint density at radius 3 is 2.88 bits per heavy atom. The molecular weight excluding hydrogens is 325 g/mol. The number of nitrogens with zero attached hydrogens (tertiary/aromatic N) is 5. The van der Waals surface area contributed by atoms with E-state index in [2.05, 4.69) is 15.3 Å². The number of carbonyl (C=O) groups excluding carboxylic acids is 1. The van der Waals surface area contributed by atoms with Crippen LogP contribution in [0.15, 0.2) is 48.8 Å². The van der Waals surface area contributed by atoms with Gasteiger partial charge >= 0.3 is 0 Å². The van der Waals surface area contributed by atoms with E-state index in [1.54, 1.807) is 35.4 Å². The summed E-state index contributed by atoms with van der Waals surface area (Å²) in [7, 11) is 0. The number of fused-ring (bicyclic) bond motifs is 1. The molecule has 0 saturated carbocycles. The Bertz CT molecular complexity index is 925. The van der Waals surface area contributed by atoms with Gasteiger partial charge in [0.2, 0.25) is 5.88 Å². The topological polar surface area (TPSA) is 73.1 Å². The quantitative estimate of drug-likeness (QED) is 0.716. The van der Waals surface area contributed by atoms with Gasteiger partial charge in [0.15, 0.2) is 5.69 Å². The Kier molecular flexibility index (Phi) is 3.64. The minimum absolute atomic E-state index is 0.182. The van der Waals surface area contributed by atoms with Crippen molar-refractivity contribution in [2.75, 3.05) is 11.4 Å². The molecule has 1 aliphatic rings. The van der Waals surface area contributed by atoms with E-state index in [4.69, 9.17) is 4.74 Å². The van der Waals surface area contributed by atoms with Crippen LogP contribution in [0.1, 0.15) is 17.4 Å². The van der Waals surface area contributed by atoms with E-state index in [1.807, 2.05) is 6.92 Å². The summed E-state index contributed by atoms with van der Waals surface area (Å²) in [5, 5.41) is 7.91. The van der Waals surface area contributed by atoms with Gasteiger partial charge in [0, 0.05) is 6.20 Å². The number of pyridine rings is 1. The van der Waals surface area contributed by atoms with E-state index < -0.39 is 0 Å². The maximum Gasteiger partial charge on any atom is 0.280 e. The van der Waals surface area contributed by atoms with E-state index in [0.29, 0.717) is 23.8 Å². The highest BCUT2D eigenvalue weighted by Crippen LogP contribution is 2.31. The Morgan fingerprint density at radius 2 is 2.08 bits per heavy atom. The predicted molar refractivity (Wildman–Crippen MR) is 87.3 cm³/mol. The van der Waals surface area contributed by atoms with Gasteiger partial charge in [-0.25, -0.2) is 14.1 Å². The van der Waals surface area contributed by atoms with Crippen molar-refractivity contribution in [3.8, 4) is 11.6 Å². The first-order valence-corrected chi connectivity index (χ1v) is 7.73. The molecular formula is C17H14FN5O2. The minimum atomic E-state index is -0.341. The van der Waals surface area contributed by atoms with Crippen LogP contribution in [0.25, 0.3) is 5.69 Å². The van der Waals surface area contributed by atoms with Gasteiger partial charge in [0.1, 0.15) is 17.6 Å². The average Bonchev–Trinajstić information content (AvgIpc) is 3.11. The fourth-order valence-corrected chi connectivity index (χ4v) is 2.67. The van der Waals surface area contributed by atoms with Crippen LogP contribution in [0.3, 0.4) is 0 Å². The third-order valence-corrected chi connectivity index (χ3v) is 3.84. The average molecular weight is 339 g/mol. The van der Waals surface area contributed by atoms with Crippen LogP contribution in [0.2, 0.25) is 0 Å². The molecule has 0 saturated heterocycles. The molecule has 0 bridgehead atoms. The lowest BCUT2D eigenvalue weighted by Crippen LogP contribution is -2.42. The molecule has 8 heteroatoms. The fourth-order valence-electron chi connectivity index (χ4n) is 2.67. The second kappa shape index (κ2) is 5.97. The molecule has 0 radical (unpaired) electrons. The Labute approximate surface area is 142 Å². The molecule has 1 amide bonds. The molecule has 0 spiro atoms. The van der Waals surface area contributed by atoms with Gasteiger partial charge in [0.25, 0.3) is 5.91 Å². The van der Waals surface area contributed by atoms with Crippen molar-refractivity contribution in [3.63, 3.8) is 0 Å². The van der Waals surface area contributed by atoms with Gasteiger partial charge in [-0.15, -0.1) is 5.10 Å². The normalized spacial score (nSPS) is 16.2. The zero-order valence-corrected chi connectivity index (χ0v) is 13.3. The van der Waals surface area contributed by atoms with Crippen LogP contribution in [0.5, 0.6) is 5.88 Å². The number of carbonyl (C=O) groups is 1. The van der Waals surface area contributed by atoms with Gasteiger partial charge in [-0.3, -0.25) is 9.69 Å². The Morgan fingerprint density at radius 1 is 1.28 bits per heavy atom. The van der Waals surface area contributed by atoms with Crippen molar-refractivity contribution in [3.05, 3.63) is 60.3 Å². The van der Waals surface area contributed by atoms with Crippen LogP contribution in [-0.4, -0.2) is 38.5 Å². The zero-order valence-electron chi connectivity index (χ0n) is 13.3. The third-order valence-electron chi connectivity index (χ3n) is 3.84. The van der Waals surface area contributed by atoms with E-state index in [9.17, 15) is 9.18 Å². The Hall–Kier alpha value is -3.29. The van der Waals surface area contributed by atoms with Gasteiger partial charge in [0.05, 0.1) is 18.4 Å². The first kappa shape index (κ1) is 15.3. The summed E-state index contributed by atoms with van der Waals surface area (Å²) in [4.78, 5) is 18.6. The molecule has 4 rings (SSSR count). The lowest BCUT2D eigenvalue weighted by Gasteiger charge is -2.31. The molecule has 1 aromatic carbocycles. The first-order chi connectivity index (χ1) is 12.1. The maximum atomic E-state index is 13.0. The summed E-state index contributed by atoms with van der Waals surface area (Å²) < 4.78 is 20.1. The summed E-state index contributed by atoms with van der Waals surface area (Å²) >= 11 is 0. The number of hydrogen-bond acceptors (Lipinski definition) is 5. The zero-order chi connectivity index (χ0) is 17.4. The largest absolute Gasteiger partial charge is 0.471 e. The van der Waals surface area contributed by atoms with Crippen LogP contribution in [0.4, 0.5) is 10.1 Å². The molecule has 0 aliphatic carbocycles. The molecule has 3 heterocycles. The Balaban J connectivity index is 1.65. The monoisotopic (exact) mass is 339 g/mol. The standard InChI is InChI=1S/C17H14FN5O2/c1-11-9-22(15-3-2-8-19-16(15)25-11)17(24)14-10-23(21-20-14)13-6-4-12(18)5-7-13/h2-8,10-11H,9H2,1H3. The number of aromatic nitrogens is 4. The lowest BCUT2D eigenvalue weighted by molar-refractivity contribution is 0.0954. The van der Waals surface area contributed by atoms with Crippen molar-refractivity contribution in [1.29, 1.82) is 0 Å². The first-order valence-electron chi connectivity index (χ1n) is 7.73. The summed E-state index contributed by atoms with van der Waals surface area (Å²) in [6.07, 6.45) is 2.95. The van der Waals surface area contributed by atoms with Gasteiger partial charge in [-0.2, -0.15) is 0 Å². The minimum Gasteiger partial charge on any atom is -0.471 e. The van der Waals surface area contributed by atoms with E-state index >= 15 is 0 Å². The molecule has 25 heavy (non-hydrogen) atoms. The molecule has 7 nitrogen and oxygen atoms in total. The van der Waals surface area contributed by atoms with E-state index in [0.717, 1.165) is 0 Å². The smallest absolute Gasteiger partial charge is 0.280 e. The van der Waals surface area contributed by atoms with Gasteiger partial charge in [-0.1, -0.05) is 5.21 Å². The maximum absolute atomic E-state index is 13.0. The molecule has 0 N–H and O–H groups in total. The number of amides is 1. The summed E-state index contributed by atoms with van der Waals surface area (Å²) in [6.45, 7) is 2.26. The number of hydrogen-bond donors (Lipinski definition) is 0. The molecule has 1 atom stereocenters. The highest BCUT2D eigenvalue weighted by atomic mass is 19.1. The second-order valence-corrected chi connectivity index (χ2v) is 5.70. The predicted octanol–water partition coefficient (Wildman–Crippen LogP) is 2.23. The number of rotatable bonds is 2. The van der Waals surface area contributed by atoms with Crippen LogP contribution in [0, 0.1) is 5.82 Å². The van der Waals surface area contributed by atoms with E-state index in [-0.39, 0.29) is 23.5 Å². The summed E-state index contributed by atoms with van der Waals surface area (Å²) in [5.41, 5.74) is 1.40. The van der Waals surface area contributed by atoms with Crippen LogP contribution < -0.4 is 9.64 Å². The van der Waals surface area contributed by atoms with Crippen LogP contribution in [-0.2, 0) is 0 Å². The lowest BCUT2D eigenvalue weighted by atomic mass is 10.2.